The highest BCUT2D eigenvalue weighted by Gasteiger charge is 2.30. The summed E-state index contributed by atoms with van der Waals surface area (Å²) in [7, 11) is 0. The zero-order chi connectivity index (χ0) is 19.3. The lowest BCUT2D eigenvalue weighted by molar-refractivity contribution is 0.119. The van der Waals surface area contributed by atoms with Gasteiger partial charge in [0.1, 0.15) is 11.6 Å². The first kappa shape index (κ1) is 21.5. The van der Waals surface area contributed by atoms with Gasteiger partial charge in [-0.15, -0.1) is 12.4 Å². The van der Waals surface area contributed by atoms with Crippen LogP contribution in [0.25, 0.3) is 0 Å². The molecular formula is C23H27ClFNO3. The van der Waals surface area contributed by atoms with Gasteiger partial charge in [0.25, 0.3) is 0 Å². The van der Waals surface area contributed by atoms with Crippen molar-refractivity contribution in [1.29, 1.82) is 0 Å². The van der Waals surface area contributed by atoms with Crippen LogP contribution in [0.2, 0.25) is 0 Å². The van der Waals surface area contributed by atoms with Gasteiger partial charge in [0.15, 0.2) is 11.5 Å². The number of hydrogen-bond acceptors (Lipinski definition) is 4. The summed E-state index contributed by atoms with van der Waals surface area (Å²) in [6, 6.07) is 12.6. The first-order valence-electron chi connectivity index (χ1n) is 9.84. The van der Waals surface area contributed by atoms with Crippen LogP contribution in [0.5, 0.6) is 17.2 Å². The lowest BCUT2D eigenvalue weighted by Gasteiger charge is -2.38. The van der Waals surface area contributed by atoms with Gasteiger partial charge in [-0.2, -0.15) is 0 Å². The van der Waals surface area contributed by atoms with Gasteiger partial charge in [-0.25, -0.2) is 4.39 Å². The fourth-order valence-electron chi connectivity index (χ4n) is 4.02. The molecule has 0 unspecified atom stereocenters. The third kappa shape index (κ3) is 5.22. The van der Waals surface area contributed by atoms with E-state index in [1.807, 2.05) is 37.3 Å². The number of benzene rings is 2. The van der Waals surface area contributed by atoms with E-state index in [1.165, 1.54) is 5.56 Å². The Balaban J connectivity index is 0.00000240. The third-order valence-corrected chi connectivity index (χ3v) is 5.52. The smallest absolute Gasteiger partial charge is 0.231 e. The van der Waals surface area contributed by atoms with Crippen molar-refractivity contribution in [3.63, 3.8) is 0 Å². The summed E-state index contributed by atoms with van der Waals surface area (Å²) >= 11 is 0. The van der Waals surface area contributed by atoms with Crippen molar-refractivity contribution >= 4 is 12.4 Å². The van der Waals surface area contributed by atoms with Gasteiger partial charge in [0.2, 0.25) is 6.79 Å². The van der Waals surface area contributed by atoms with E-state index in [2.05, 4.69) is 17.1 Å². The molecule has 2 aromatic rings. The van der Waals surface area contributed by atoms with Crippen LogP contribution in [-0.4, -0.2) is 37.9 Å². The fourth-order valence-corrected chi connectivity index (χ4v) is 4.02. The number of ether oxygens (including phenoxy) is 3. The van der Waals surface area contributed by atoms with E-state index in [-0.39, 0.29) is 25.0 Å². The van der Waals surface area contributed by atoms with Crippen LogP contribution in [0.3, 0.4) is 0 Å². The Labute approximate surface area is 177 Å². The van der Waals surface area contributed by atoms with Crippen LogP contribution in [0, 0.1) is 11.7 Å². The van der Waals surface area contributed by atoms with Crippen LogP contribution >= 0.6 is 12.4 Å². The van der Waals surface area contributed by atoms with Crippen LogP contribution in [-0.2, 0) is 0 Å². The molecule has 0 saturated carbocycles. The van der Waals surface area contributed by atoms with Crippen molar-refractivity contribution in [2.45, 2.75) is 19.3 Å². The number of nitrogens with zero attached hydrogens (tertiary/aromatic N) is 1. The molecule has 0 spiro atoms. The maximum absolute atomic E-state index is 13.4. The highest BCUT2D eigenvalue weighted by molar-refractivity contribution is 5.85. The van der Waals surface area contributed by atoms with Gasteiger partial charge in [0, 0.05) is 25.1 Å². The van der Waals surface area contributed by atoms with Crippen molar-refractivity contribution in [2.24, 2.45) is 5.92 Å². The summed E-state index contributed by atoms with van der Waals surface area (Å²) in [5, 5.41) is 0. The lowest BCUT2D eigenvalue weighted by Crippen LogP contribution is -2.42. The van der Waals surface area contributed by atoms with E-state index in [0.717, 1.165) is 43.3 Å². The monoisotopic (exact) mass is 419 g/mol. The Morgan fingerprint density at radius 2 is 1.93 bits per heavy atom. The average molecular weight is 420 g/mol. The quantitative estimate of drug-likeness (QED) is 0.614. The molecule has 0 radical (unpaired) electrons. The van der Waals surface area contributed by atoms with Gasteiger partial charge < -0.3 is 14.2 Å². The van der Waals surface area contributed by atoms with Gasteiger partial charge in [-0.1, -0.05) is 24.3 Å². The van der Waals surface area contributed by atoms with Gasteiger partial charge in [-0.05, 0) is 55.6 Å². The van der Waals surface area contributed by atoms with Crippen molar-refractivity contribution in [1.82, 2.24) is 4.90 Å². The Bertz CT molecular complexity index is 827. The van der Waals surface area contributed by atoms with Crippen LogP contribution in [0.15, 0.2) is 54.6 Å². The highest BCUT2D eigenvalue weighted by Crippen LogP contribution is 2.37. The normalized spacial score (nSPS) is 21.2. The SMILES string of the molecule is C/C=C/CN1CC[C@H](c2ccc(F)cc2)[C@@H](COc2ccc3c(c2)OCO3)C1.Cl. The lowest BCUT2D eigenvalue weighted by atomic mass is 9.81. The highest BCUT2D eigenvalue weighted by atomic mass is 35.5. The average Bonchev–Trinajstić information content (AvgIpc) is 3.19. The zero-order valence-electron chi connectivity index (χ0n) is 16.6. The second-order valence-electron chi connectivity index (χ2n) is 7.36. The number of halogens is 2. The molecule has 2 aliphatic rings. The molecule has 0 N–H and O–H groups in total. The van der Waals surface area contributed by atoms with Crippen molar-refractivity contribution in [3.8, 4) is 17.2 Å². The van der Waals surface area contributed by atoms with Crippen molar-refractivity contribution in [3.05, 3.63) is 66.0 Å². The Morgan fingerprint density at radius 1 is 1.14 bits per heavy atom. The molecule has 6 heteroatoms. The molecule has 0 amide bonds. The van der Waals surface area contributed by atoms with Gasteiger partial charge in [-0.3, -0.25) is 4.90 Å². The summed E-state index contributed by atoms with van der Waals surface area (Å²) in [6.07, 6.45) is 5.32. The number of rotatable bonds is 6. The maximum Gasteiger partial charge on any atom is 0.231 e. The molecule has 1 fully saturated rings. The summed E-state index contributed by atoms with van der Waals surface area (Å²) in [5.74, 6) is 2.76. The molecule has 4 nitrogen and oxygen atoms in total. The predicted molar refractivity (Wildman–Crippen MR) is 114 cm³/mol. The van der Waals surface area contributed by atoms with E-state index in [0.29, 0.717) is 18.4 Å². The first-order valence-corrected chi connectivity index (χ1v) is 9.84. The molecule has 0 aliphatic carbocycles. The topological polar surface area (TPSA) is 30.9 Å². The van der Waals surface area contributed by atoms with Crippen LogP contribution in [0.4, 0.5) is 4.39 Å². The largest absolute Gasteiger partial charge is 0.493 e. The van der Waals surface area contributed by atoms with E-state index in [1.54, 1.807) is 12.1 Å². The molecule has 2 atom stereocenters. The Kier molecular flexibility index (Phi) is 7.40. The molecular weight excluding hydrogens is 393 g/mol. The Hall–Kier alpha value is -2.24. The second kappa shape index (κ2) is 9.99. The standard InChI is InChI=1S/C23H26FNO3.ClH/c1-2-3-11-25-12-10-21(17-4-6-19(24)7-5-17)18(14-25)15-26-20-8-9-22-23(13-20)28-16-27-22;/h2-9,13,18,21H,10-12,14-16H2,1H3;1H/b3-2+;/t18-,21-;/m1./s1. The molecule has 2 aliphatic heterocycles. The number of piperidine rings is 1. The molecule has 2 heterocycles. The van der Waals surface area contributed by atoms with Crippen LogP contribution in [0.1, 0.15) is 24.8 Å². The minimum absolute atomic E-state index is 0. The van der Waals surface area contributed by atoms with Gasteiger partial charge in [0.05, 0.1) is 6.61 Å². The molecule has 4 rings (SSSR count). The number of hydrogen-bond donors (Lipinski definition) is 0. The maximum atomic E-state index is 13.4. The van der Waals surface area contributed by atoms with E-state index in [4.69, 9.17) is 14.2 Å². The molecule has 0 aromatic heterocycles. The number of fused-ring (bicyclic) bond motifs is 1. The van der Waals surface area contributed by atoms with E-state index >= 15 is 0 Å². The molecule has 29 heavy (non-hydrogen) atoms. The summed E-state index contributed by atoms with van der Waals surface area (Å²) < 4.78 is 30.3. The molecule has 1 saturated heterocycles. The van der Waals surface area contributed by atoms with Gasteiger partial charge >= 0.3 is 0 Å². The predicted octanol–water partition coefficient (Wildman–Crippen LogP) is 5.04. The Morgan fingerprint density at radius 3 is 2.72 bits per heavy atom. The fraction of sp³-hybridized carbons (Fsp3) is 0.391. The van der Waals surface area contributed by atoms with E-state index < -0.39 is 0 Å². The minimum atomic E-state index is -0.192. The zero-order valence-corrected chi connectivity index (χ0v) is 17.4. The summed E-state index contributed by atoms with van der Waals surface area (Å²) in [6.45, 7) is 5.85. The number of likely N-dealkylation sites (tertiary alicyclic amines) is 1. The minimum Gasteiger partial charge on any atom is -0.493 e. The summed E-state index contributed by atoms with van der Waals surface area (Å²) in [4.78, 5) is 2.45. The molecule has 0 bridgehead atoms. The number of allylic oxidation sites excluding steroid dienone is 1. The molecule has 2 aromatic carbocycles. The van der Waals surface area contributed by atoms with Crippen molar-refractivity contribution in [2.75, 3.05) is 33.0 Å². The molecule has 156 valence electrons. The third-order valence-electron chi connectivity index (χ3n) is 5.52. The summed E-state index contributed by atoms with van der Waals surface area (Å²) in [5.41, 5.74) is 1.19. The van der Waals surface area contributed by atoms with Crippen molar-refractivity contribution < 1.29 is 18.6 Å². The second-order valence-corrected chi connectivity index (χ2v) is 7.36. The van der Waals surface area contributed by atoms with Crippen LogP contribution < -0.4 is 14.2 Å². The van der Waals surface area contributed by atoms with E-state index in [9.17, 15) is 4.39 Å². The first-order chi connectivity index (χ1) is 13.7.